The third-order valence-corrected chi connectivity index (χ3v) is 3.25. The smallest absolute Gasteiger partial charge is 0.181 e. The SMILES string of the molecule is Cl.c1cc(NC2CCCNC2)cc(-c2cnco2)c1. The summed E-state index contributed by atoms with van der Waals surface area (Å²) in [6.07, 6.45) is 5.65. The van der Waals surface area contributed by atoms with Crippen LogP contribution < -0.4 is 10.6 Å². The first-order valence-electron chi connectivity index (χ1n) is 6.38. The number of hydrogen-bond donors (Lipinski definition) is 2. The number of nitrogens with one attached hydrogen (secondary N) is 2. The maximum absolute atomic E-state index is 5.31. The highest BCUT2D eigenvalue weighted by Gasteiger charge is 2.12. The van der Waals surface area contributed by atoms with E-state index in [9.17, 15) is 0 Å². The van der Waals surface area contributed by atoms with Crippen LogP contribution >= 0.6 is 12.4 Å². The Labute approximate surface area is 119 Å². The molecule has 19 heavy (non-hydrogen) atoms. The summed E-state index contributed by atoms with van der Waals surface area (Å²) in [5.41, 5.74) is 2.19. The van der Waals surface area contributed by atoms with Crippen LogP contribution in [0.4, 0.5) is 5.69 Å². The summed E-state index contributed by atoms with van der Waals surface area (Å²) in [7, 11) is 0. The van der Waals surface area contributed by atoms with Gasteiger partial charge in [0.15, 0.2) is 12.2 Å². The van der Waals surface area contributed by atoms with Crippen molar-refractivity contribution in [3.63, 3.8) is 0 Å². The molecular formula is C14H18ClN3O. The minimum atomic E-state index is 0. The van der Waals surface area contributed by atoms with Gasteiger partial charge in [0.2, 0.25) is 0 Å². The molecule has 102 valence electrons. The van der Waals surface area contributed by atoms with Gasteiger partial charge in [-0.25, -0.2) is 4.98 Å². The molecule has 4 nitrogen and oxygen atoms in total. The summed E-state index contributed by atoms with van der Waals surface area (Å²) in [4.78, 5) is 3.95. The van der Waals surface area contributed by atoms with Crippen LogP contribution in [0, 0.1) is 0 Å². The van der Waals surface area contributed by atoms with E-state index in [1.165, 1.54) is 19.2 Å². The molecule has 0 amide bonds. The van der Waals surface area contributed by atoms with E-state index in [0.717, 1.165) is 30.1 Å². The highest BCUT2D eigenvalue weighted by Crippen LogP contribution is 2.23. The summed E-state index contributed by atoms with van der Waals surface area (Å²) in [5.74, 6) is 0.806. The van der Waals surface area contributed by atoms with E-state index in [2.05, 4.69) is 27.8 Å². The van der Waals surface area contributed by atoms with Crippen LogP contribution in [0.3, 0.4) is 0 Å². The molecule has 1 unspecified atom stereocenters. The maximum atomic E-state index is 5.31. The average molecular weight is 280 g/mol. The maximum Gasteiger partial charge on any atom is 0.181 e. The molecule has 0 radical (unpaired) electrons. The van der Waals surface area contributed by atoms with Gasteiger partial charge < -0.3 is 15.1 Å². The van der Waals surface area contributed by atoms with Gasteiger partial charge in [0, 0.05) is 23.8 Å². The highest BCUT2D eigenvalue weighted by atomic mass is 35.5. The molecule has 0 aliphatic carbocycles. The minimum absolute atomic E-state index is 0. The lowest BCUT2D eigenvalue weighted by Gasteiger charge is -2.24. The molecule has 1 fully saturated rings. The van der Waals surface area contributed by atoms with Crippen LogP contribution in [0.1, 0.15) is 12.8 Å². The third-order valence-electron chi connectivity index (χ3n) is 3.25. The largest absolute Gasteiger partial charge is 0.444 e. The van der Waals surface area contributed by atoms with Crippen molar-refractivity contribution < 1.29 is 4.42 Å². The van der Waals surface area contributed by atoms with Gasteiger partial charge in [-0.2, -0.15) is 0 Å². The van der Waals surface area contributed by atoms with Crippen LogP contribution in [0.5, 0.6) is 0 Å². The van der Waals surface area contributed by atoms with Crippen molar-refractivity contribution in [2.75, 3.05) is 18.4 Å². The second-order valence-corrected chi connectivity index (χ2v) is 4.63. The van der Waals surface area contributed by atoms with E-state index < -0.39 is 0 Å². The van der Waals surface area contributed by atoms with Crippen molar-refractivity contribution in [2.45, 2.75) is 18.9 Å². The number of oxazole rings is 1. The number of aromatic nitrogens is 1. The second-order valence-electron chi connectivity index (χ2n) is 4.63. The molecule has 2 N–H and O–H groups in total. The van der Waals surface area contributed by atoms with Crippen LogP contribution in [0.25, 0.3) is 11.3 Å². The van der Waals surface area contributed by atoms with Crippen molar-refractivity contribution in [3.8, 4) is 11.3 Å². The van der Waals surface area contributed by atoms with Gasteiger partial charge in [0.25, 0.3) is 0 Å². The van der Waals surface area contributed by atoms with Crippen LogP contribution in [0.2, 0.25) is 0 Å². The fraction of sp³-hybridized carbons (Fsp3) is 0.357. The monoisotopic (exact) mass is 279 g/mol. The van der Waals surface area contributed by atoms with E-state index in [1.54, 1.807) is 6.20 Å². The molecule has 5 heteroatoms. The Balaban J connectivity index is 0.00000133. The summed E-state index contributed by atoms with van der Waals surface area (Å²) < 4.78 is 5.31. The molecule has 1 atom stereocenters. The molecule has 1 saturated heterocycles. The second kappa shape index (κ2) is 6.59. The lowest BCUT2D eigenvalue weighted by Crippen LogP contribution is -2.38. The number of rotatable bonds is 3. The van der Waals surface area contributed by atoms with Crippen molar-refractivity contribution in [3.05, 3.63) is 36.9 Å². The predicted molar refractivity (Wildman–Crippen MR) is 78.7 cm³/mol. The molecule has 1 aromatic carbocycles. The first kappa shape index (κ1) is 13.9. The molecule has 0 bridgehead atoms. The third kappa shape index (κ3) is 3.49. The molecule has 2 heterocycles. The Kier molecular flexibility index (Phi) is 4.82. The van der Waals surface area contributed by atoms with Gasteiger partial charge in [0.05, 0.1) is 6.20 Å². The normalized spacial score (nSPS) is 18.6. The molecule has 1 aliphatic heterocycles. The number of nitrogens with zero attached hydrogens (tertiary/aromatic N) is 1. The quantitative estimate of drug-likeness (QED) is 0.907. The molecule has 0 spiro atoms. The Morgan fingerprint density at radius 2 is 2.32 bits per heavy atom. The van der Waals surface area contributed by atoms with Gasteiger partial charge in [-0.3, -0.25) is 0 Å². The topological polar surface area (TPSA) is 50.1 Å². The van der Waals surface area contributed by atoms with E-state index in [-0.39, 0.29) is 12.4 Å². The number of piperidine rings is 1. The summed E-state index contributed by atoms with van der Waals surface area (Å²) in [6, 6.07) is 8.79. The lowest BCUT2D eigenvalue weighted by molar-refractivity contribution is 0.480. The van der Waals surface area contributed by atoms with E-state index >= 15 is 0 Å². The van der Waals surface area contributed by atoms with Gasteiger partial charge >= 0.3 is 0 Å². The van der Waals surface area contributed by atoms with Crippen molar-refractivity contribution in [1.29, 1.82) is 0 Å². The molecular weight excluding hydrogens is 262 g/mol. The van der Waals surface area contributed by atoms with Gasteiger partial charge in [-0.15, -0.1) is 12.4 Å². The summed E-state index contributed by atoms with van der Waals surface area (Å²) in [6.45, 7) is 2.17. The fourth-order valence-electron chi connectivity index (χ4n) is 2.33. The lowest BCUT2D eigenvalue weighted by atomic mass is 10.1. The van der Waals surface area contributed by atoms with Crippen LogP contribution in [-0.4, -0.2) is 24.1 Å². The van der Waals surface area contributed by atoms with E-state index in [4.69, 9.17) is 4.42 Å². The van der Waals surface area contributed by atoms with Crippen molar-refractivity contribution in [1.82, 2.24) is 10.3 Å². The zero-order valence-electron chi connectivity index (χ0n) is 10.6. The number of halogens is 1. The van der Waals surface area contributed by atoms with Crippen LogP contribution in [-0.2, 0) is 0 Å². The first-order chi connectivity index (χ1) is 8.92. The van der Waals surface area contributed by atoms with Crippen LogP contribution in [0.15, 0.2) is 41.3 Å². The Hall–Kier alpha value is -1.52. The Bertz CT molecular complexity index is 495. The Morgan fingerprint density at radius 1 is 1.37 bits per heavy atom. The average Bonchev–Trinajstić information content (AvgIpc) is 2.94. The summed E-state index contributed by atoms with van der Waals surface area (Å²) in [5, 5.41) is 6.96. The fourth-order valence-corrected chi connectivity index (χ4v) is 2.33. The van der Waals surface area contributed by atoms with E-state index in [0.29, 0.717) is 6.04 Å². The zero-order chi connectivity index (χ0) is 12.2. The molecule has 1 aliphatic rings. The first-order valence-corrected chi connectivity index (χ1v) is 6.38. The Morgan fingerprint density at radius 3 is 3.05 bits per heavy atom. The predicted octanol–water partition coefficient (Wildman–Crippen LogP) is 2.93. The molecule has 1 aromatic heterocycles. The van der Waals surface area contributed by atoms with Gasteiger partial charge in [-0.1, -0.05) is 12.1 Å². The molecule has 3 rings (SSSR count). The molecule has 2 aromatic rings. The zero-order valence-corrected chi connectivity index (χ0v) is 11.5. The van der Waals surface area contributed by atoms with Gasteiger partial charge in [0.1, 0.15) is 0 Å². The van der Waals surface area contributed by atoms with Gasteiger partial charge in [-0.05, 0) is 31.5 Å². The summed E-state index contributed by atoms with van der Waals surface area (Å²) >= 11 is 0. The molecule has 0 saturated carbocycles. The standard InChI is InChI=1S/C14H17N3O.ClH/c1-3-11(14-9-16-10-18-14)7-12(4-1)17-13-5-2-6-15-8-13;/h1,3-4,7,9-10,13,15,17H,2,5-6,8H2;1H. The number of hydrogen-bond acceptors (Lipinski definition) is 4. The van der Waals surface area contributed by atoms with Crippen molar-refractivity contribution >= 4 is 18.1 Å². The highest BCUT2D eigenvalue weighted by molar-refractivity contribution is 5.85. The van der Waals surface area contributed by atoms with Crippen molar-refractivity contribution in [2.24, 2.45) is 0 Å². The minimum Gasteiger partial charge on any atom is -0.444 e. The van der Waals surface area contributed by atoms with E-state index in [1.807, 2.05) is 12.1 Å². The number of anilines is 1. The number of benzene rings is 1.